The monoisotopic (exact) mass is 378 g/mol. The number of hydrogen-bond donors (Lipinski definition) is 1. The molecule has 1 fully saturated rings. The van der Waals surface area contributed by atoms with E-state index in [0.717, 1.165) is 44.5 Å². The van der Waals surface area contributed by atoms with E-state index in [4.69, 9.17) is 0 Å². The predicted octanol–water partition coefficient (Wildman–Crippen LogP) is 0.00110. The Morgan fingerprint density at radius 1 is 1.31 bits per heavy atom. The molecule has 0 unspecified atom stereocenters. The van der Waals surface area contributed by atoms with Crippen molar-refractivity contribution in [1.29, 1.82) is 0 Å². The number of fused-ring (bicyclic) bond motifs is 1. The minimum Gasteiger partial charge on any atom is -0.355 e. The summed E-state index contributed by atoms with van der Waals surface area (Å²) in [4.78, 5) is 24.2. The molecule has 1 amide bonds. The van der Waals surface area contributed by atoms with Gasteiger partial charge in [0.25, 0.3) is 0 Å². The summed E-state index contributed by atoms with van der Waals surface area (Å²) in [5.74, 6) is 1.11. The van der Waals surface area contributed by atoms with Gasteiger partial charge in [-0.15, -0.1) is 5.10 Å². The standard InChI is InChI=1S/C15H22N8O2S/c24-13(10-26-14-17-19-20-23(14)11-5-6-11)16-7-3-9-22-15(25)21-8-2-1-4-12(21)18-22/h11H,1-10H2,(H,16,24). The van der Waals surface area contributed by atoms with Crippen LogP contribution in [-0.4, -0.2) is 52.8 Å². The van der Waals surface area contributed by atoms with Crippen molar-refractivity contribution in [2.45, 2.75) is 62.8 Å². The Balaban J connectivity index is 1.19. The van der Waals surface area contributed by atoms with Crippen molar-refractivity contribution in [1.82, 2.24) is 39.9 Å². The first-order valence-electron chi connectivity index (χ1n) is 9.06. The lowest BCUT2D eigenvalue weighted by Crippen LogP contribution is -2.30. The molecule has 2 aliphatic rings. The summed E-state index contributed by atoms with van der Waals surface area (Å²) in [6.07, 6.45) is 5.87. The first-order valence-corrected chi connectivity index (χ1v) is 10.0. The second-order valence-corrected chi connectivity index (χ2v) is 7.60. The maximum absolute atomic E-state index is 12.2. The molecule has 2 aromatic heterocycles. The first-order chi connectivity index (χ1) is 12.7. The summed E-state index contributed by atoms with van der Waals surface area (Å²) in [7, 11) is 0. The molecule has 2 aromatic rings. The third-order valence-electron chi connectivity index (χ3n) is 4.59. The van der Waals surface area contributed by atoms with Gasteiger partial charge < -0.3 is 5.32 Å². The summed E-state index contributed by atoms with van der Waals surface area (Å²) in [6.45, 7) is 1.80. The highest BCUT2D eigenvalue weighted by Crippen LogP contribution is 2.36. The van der Waals surface area contributed by atoms with Crippen molar-refractivity contribution < 1.29 is 4.79 Å². The zero-order valence-electron chi connectivity index (χ0n) is 14.5. The molecule has 0 atom stereocenters. The molecular weight excluding hydrogens is 356 g/mol. The smallest absolute Gasteiger partial charge is 0.345 e. The summed E-state index contributed by atoms with van der Waals surface area (Å²) in [6, 6.07) is 0.398. The van der Waals surface area contributed by atoms with Gasteiger partial charge >= 0.3 is 5.69 Å². The minimum atomic E-state index is -0.0585. The van der Waals surface area contributed by atoms with E-state index in [0.29, 0.717) is 30.7 Å². The number of amides is 1. The van der Waals surface area contributed by atoms with Crippen LogP contribution in [0.3, 0.4) is 0 Å². The molecular formula is C15H22N8O2S. The molecule has 0 radical (unpaired) electrons. The molecule has 0 saturated heterocycles. The average molecular weight is 378 g/mol. The van der Waals surface area contributed by atoms with E-state index in [2.05, 4.69) is 25.9 Å². The molecule has 1 N–H and O–H groups in total. The van der Waals surface area contributed by atoms with Crippen LogP contribution in [-0.2, 0) is 24.3 Å². The molecule has 26 heavy (non-hydrogen) atoms. The summed E-state index contributed by atoms with van der Waals surface area (Å²) in [5.41, 5.74) is -0.0338. The molecule has 4 rings (SSSR count). The maximum atomic E-state index is 12.2. The Bertz CT molecular complexity index is 837. The minimum absolute atomic E-state index is 0.0338. The predicted molar refractivity (Wildman–Crippen MR) is 93.9 cm³/mol. The topological polar surface area (TPSA) is 113 Å². The molecule has 0 spiro atoms. The van der Waals surface area contributed by atoms with Crippen molar-refractivity contribution in [3.05, 3.63) is 16.3 Å². The molecule has 0 aromatic carbocycles. The highest BCUT2D eigenvalue weighted by atomic mass is 32.2. The molecule has 1 aliphatic heterocycles. The number of hydrogen-bond acceptors (Lipinski definition) is 7. The molecule has 1 saturated carbocycles. The number of aromatic nitrogens is 7. The third kappa shape index (κ3) is 3.81. The lowest BCUT2D eigenvalue weighted by atomic mass is 10.2. The summed E-state index contributed by atoms with van der Waals surface area (Å²) in [5, 5.41) is 19.6. The van der Waals surface area contributed by atoms with Crippen molar-refractivity contribution in [2.24, 2.45) is 0 Å². The van der Waals surface area contributed by atoms with Crippen LogP contribution in [0.15, 0.2) is 9.95 Å². The largest absolute Gasteiger partial charge is 0.355 e. The number of thioether (sulfide) groups is 1. The highest BCUT2D eigenvalue weighted by Gasteiger charge is 2.28. The SMILES string of the molecule is O=C(CSc1nnnn1C1CC1)NCCCn1nc2n(c1=O)CCCC2. The van der Waals surface area contributed by atoms with Crippen LogP contribution < -0.4 is 11.0 Å². The zero-order chi connectivity index (χ0) is 17.9. The molecule has 0 bridgehead atoms. The van der Waals surface area contributed by atoms with Crippen LogP contribution >= 0.6 is 11.8 Å². The molecule has 11 heteroatoms. The van der Waals surface area contributed by atoms with Crippen molar-refractivity contribution >= 4 is 17.7 Å². The van der Waals surface area contributed by atoms with Crippen molar-refractivity contribution in [3.8, 4) is 0 Å². The normalized spacial score (nSPS) is 16.5. The van der Waals surface area contributed by atoms with Gasteiger partial charge in [0.15, 0.2) is 0 Å². The van der Waals surface area contributed by atoms with Gasteiger partial charge in [-0.2, -0.15) is 5.10 Å². The fraction of sp³-hybridized carbons (Fsp3) is 0.733. The van der Waals surface area contributed by atoms with Crippen LogP contribution in [0.25, 0.3) is 0 Å². The Labute approximate surface area is 154 Å². The molecule has 1 aliphatic carbocycles. The van der Waals surface area contributed by atoms with Gasteiger partial charge in [-0.05, 0) is 42.5 Å². The van der Waals surface area contributed by atoms with E-state index < -0.39 is 0 Å². The second-order valence-electron chi connectivity index (χ2n) is 6.66. The lowest BCUT2D eigenvalue weighted by Gasteiger charge is -2.09. The van der Waals surface area contributed by atoms with Crippen LogP contribution in [0.2, 0.25) is 0 Å². The Morgan fingerprint density at radius 3 is 3.00 bits per heavy atom. The molecule has 10 nitrogen and oxygen atoms in total. The van der Waals surface area contributed by atoms with Crippen LogP contribution in [0.5, 0.6) is 0 Å². The van der Waals surface area contributed by atoms with Gasteiger partial charge in [0, 0.05) is 26.1 Å². The number of nitrogens with one attached hydrogen (secondary N) is 1. The fourth-order valence-corrected chi connectivity index (χ4v) is 3.84. The fourth-order valence-electron chi connectivity index (χ4n) is 3.06. The van der Waals surface area contributed by atoms with Crippen LogP contribution in [0.1, 0.15) is 44.0 Å². The summed E-state index contributed by atoms with van der Waals surface area (Å²) >= 11 is 1.35. The van der Waals surface area contributed by atoms with Gasteiger partial charge in [-0.3, -0.25) is 9.36 Å². The highest BCUT2D eigenvalue weighted by molar-refractivity contribution is 7.99. The Morgan fingerprint density at radius 2 is 2.19 bits per heavy atom. The van der Waals surface area contributed by atoms with Gasteiger partial charge in [0.2, 0.25) is 11.1 Å². The molecule has 140 valence electrons. The van der Waals surface area contributed by atoms with E-state index in [-0.39, 0.29) is 17.3 Å². The Kier molecular flexibility index (Phi) is 5.05. The quantitative estimate of drug-likeness (QED) is 0.508. The van der Waals surface area contributed by atoms with Gasteiger partial charge in [0.05, 0.1) is 11.8 Å². The van der Waals surface area contributed by atoms with Gasteiger partial charge in [-0.25, -0.2) is 14.2 Å². The third-order valence-corrected chi connectivity index (χ3v) is 5.52. The van der Waals surface area contributed by atoms with E-state index in [9.17, 15) is 9.59 Å². The Hall–Kier alpha value is -2.17. The van der Waals surface area contributed by atoms with E-state index >= 15 is 0 Å². The van der Waals surface area contributed by atoms with Crippen molar-refractivity contribution in [2.75, 3.05) is 12.3 Å². The maximum Gasteiger partial charge on any atom is 0.345 e. The number of aryl methyl sites for hydroxylation is 2. The average Bonchev–Trinajstić information content (AvgIpc) is 3.31. The molecule has 3 heterocycles. The number of carbonyl (C=O) groups excluding carboxylic acids is 1. The van der Waals surface area contributed by atoms with Gasteiger partial charge in [0.1, 0.15) is 5.82 Å². The number of rotatable bonds is 8. The second kappa shape index (κ2) is 7.60. The van der Waals surface area contributed by atoms with E-state index in [1.807, 2.05) is 0 Å². The number of nitrogens with zero attached hydrogens (tertiary/aromatic N) is 7. The van der Waals surface area contributed by atoms with Crippen LogP contribution in [0, 0.1) is 0 Å². The van der Waals surface area contributed by atoms with Crippen molar-refractivity contribution in [3.63, 3.8) is 0 Å². The van der Waals surface area contributed by atoms with E-state index in [1.54, 1.807) is 9.25 Å². The lowest BCUT2D eigenvalue weighted by molar-refractivity contribution is -0.118. The number of tetrazole rings is 1. The first kappa shape index (κ1) is 17.3. The van der Waals surface area contributed by atoms with E-state index in [1.165, 1.54) is 16.4 Å². The zero-order valence-corrected chi connectivity index (χ0v) is 15.3. The summed E-state index contributed by atoms with van der Waals surface area (Å²) < 4.78 is 5.08. The van der Waals surface area contributed by atoms with Crippen LogP contribution in [0.4, 0.5) is 0 Å². The number of carbonyl (C=O) groups is 1. The van der Waals surface area contributed by atoms with Gasteiger partial charge in [-0.1, -0.05) is 11.8 Å².